The topological polar surface area (TPSA) is 67.6 Å². The minimum absolute atomic E-state index is 0.0689. The van der Waals surface area contributed by atoms with E-state index < -0.39 is 24.1 Å². The average molecular weight is 361 g/mol. The van der Waals surface area contributed by atoms with E-state index in [1.165, 1.54) is 12.1 Å². The molecule has 1 aliphatic rings. The van der Waals surface area contributed by atoms with E-state index in [-0.39, 0.29) is 18.8 Å². The number of nitrogens with two attached hydrogens (primary N) is 1. The minimum Gasteiger partial charge on any atom is -0.445 e. The van der Waals surface area contributed by atoms with Gasteiger partial charge in [0.15, 0.2) is 0 Å². The first-order valence-corrected chi connectivity index (χ1v) is 8.44. The first kappa shape index (κ1) is 18.0. The molecule has 0 spiro atoms. The highest BCUT2D eigenvalue weighted by atomic mass is 19.1. The Labute approximate surface area is 150 Å². The molecule has 26 heavy (non-hydrogen) atoms. The third-order valence-corrected chi connectivity index (χ3v) is 4.39. The van der Waals surface area contributed by atoms with E-state index >= 15 is 0 Å². The Kier molecular flexibility index (Phi) is 5.55. The number of amides is 1. The molecule has 3 N–H and O–H groups in total. The van der Waals surface area contributed by atoms with Crippen LogP contribution in [-0.4, -0.2) is 31.4 Å². The number of nitrogen functional groups attached to an aromatic ring is 1. The number of piperidine rings is 1. The van der Waals surface area contributed by atoms with Crippen LogP contribution in [0.25, 0.3) is 0 Å². The van der Waals surface area contributed by atoms with Crippen molar-refractivity contribution in [1.82, 2.24) is 5.32 Å². The van der Waals surface area contributed by atoms with Crippen LogP contribution in [0.4, 0.5) is 25.0 Å². The van der Waals surface area contributed by atoms with Crippen LogP contribution in [-0.2, 0) is 11.3 Å². The van der Waals surface area contributed by atoms with Gasteiger partial charge in [0.1, 0.15) is 18.6 Å². The molecule has 2 atom stereocenters. The molecule has 0 radical (unpaired) electrons. The molecular weight excluding hydrogens is 340 g/mol. The number of halogens is 2. The molecule has 0 saturated carbocycles. The smallest absolute Gasteiger partial charge is 0.407 e. The summed E-state index contributed by atoms with van der Waals surface area (Å²) in [6.07, 6.45) is -1.52. The van der Waals surface area contributed by atoms with E-state index in [0.29, 0.717) is 18.7 Å². The van der Waals surface area contributed by atoms with Crippen LogP contribution in [0.3, 0.4) is 0 Å². The third kappa shape index (κ3) is 4.41. The lowest BCUT2D eigenvalue weighted by Crippen LogP contribution is -2.52. The maximum Gasteiger partial charge on any atom is 0.407 e. The van der Waals surface area contributed by atoms with Crippen LogP contribution in [0, 0.1) is 5.82 Å². The van der Waals surface area contributed by atoms with Gasteiger partial charge in [0.25, 0.3) is 0 Å². The molecule has 1 aliphatic heterocycles. The van der Waals surface area contributed by atoms with E-state index in [2.05, 4.69) is 5.32 Å². The van der Waals surface area contributed by atoms with Crippen molar-refractivity contribution in [3.63, 3.8) is 0 Å². The Balaban J connectivity index is 1.51. The molecule has 3 rings (SSSR count). The minimum atomic E-state index is -1.28. The fourth-order valence-corrected chi connectivity index (χ4v) is 3.02. The molecular formula is C19H21F2N3O2. The third-order valence-electron chi connectivity index (χ3n) is 4.39. The van der Waals surface area contributed by atoms with E-state index in [0.717, 1.165) is 5.56 Å². The van der Waals surface area contributed by atoms with Crippen molar-refractivity contribution in [2.24, 2.45) is 0 Å². The molecule has 2 unspecified atom stereocenters. The summed E-state index contributed by atoms with van der Waals surface area (Å²) in [5.41, 5.74) is 7.54. The fraction of sp³-hybridized carbons (Fsp3) is 0.316. The number of alkyl halides is 1. The SMILES string of the molecule is Nc1cc(F)ccc1N1CCC(NC(=O)OCc2ccccc2)C(F)C1. The first-order valence-electron chi connectivity index (χ1n) is 8.44. The predicted octanol–water partition coefficient (Wildman–Crippen LogP) is 3.25. The zero-order valence-electron chi connectivity index (χ0n) is 14.2. The number of carbonyl (C=O) groups is 1. The largest absolute Gasteiger partial charge is 0.445 e. The number of ether oxygens (including phenoxy) is 1. The van der Waals surface area contributed by atoms with Gasteiger partial charge in [0, 0.05) is 6.54 Å². The van der Waals surface area contributed by atoms with Crippen LogP contribution in [0.2, 0.25) is 0 Å². The molecule has 5 nitrogen and oxygen atoms in total. The number of carbonyl (C=O) groups excluding carboxylic acids is 1. The van der Waals surface area contributed by atoms with Crippen molar-refractivity contribution in [2.45, 2.75) is 25.2 Å². The van der Waals surface area contributed by atoms with E-state index in [1.54, 1.807) is 11.0 Å². The van der Waals surface area contributed by atoms with Gasteiger partial charge in [-0.3, -0.25) is 0 Å². The Morgan fingerprint density at radius 3 is 2.73 bits per heavy atom. The van der Waals surface area contributed by atoms with Gasteiger partial charge >= 0.3 is 6.09 Å². The zero-order valence-corrected chi connectivity index (χ0v) is 14.2. The summed E-state index contributed by atoms with van der Waals surface area (Å²) in [6.45, 7) is 0.702. The summed E-state index contributed by atoms with van der Waals surface area (Å²) in [6, 6.07) is 12.7. The van der Waals surface area contributed by atoms with Crippen LogP contribution in [0.5, 0.6) is 0 Å². The lowest BCUT2D eigenvalue weighted by atomic mass is 10.0. The predicted molar refractivity (Wildman–Crippen MR) is 96.1 cm³/mol. The summed E-state index contributed by atoms with van der Waals surface area (Å²) < 4.78 is 32.8. The summed E-state index contributed by atoms with van der Waals surface area (Å²) in [5.74, 6) is -0.430. The Morgan fingerprint density at radius 2 is 2.04 bits per heavy atom. The number of nitrogens with one attached hydrogen (secondary N) is 1. The van der Waals surface area contributed by atoms with E-state index in [1.807, 2.05) is 30.3 Å². The second kappa shape index (κ2) is 8.03. The van der Waals surface area contributed by atoms with Crippen molar-refractivity contribution in [1.29, 1.82) is 0 Å². The Morgan fingerprint density at radius 1 is 1.27 bits per heavy atom. The van der Waals surface area contributed by atoms with Crippen molar-refractivity contribution in [2.75, 3.05) is 23.7 Å². The molecule has 138 valence electrons. The van der Waals surface area contributed by atoms with Crippen molar-refractivity contribution in [3.05, 3.63) is 59.9 Å². The average Bonchev–Trinajstić information content (AvgIpc) is 2.63. The molecule has 0 aromatic heterocycles. The molecule has 1 fully saturated rings. The highest BCUT2D eigenvalue weighted by Gasteiger charge is 2.31. The van der Waals surface area contributed by atoms with Crippen molar-refractivity contribution < 1.29 is 18.3 Å². The maximum absolute atomic E-state index is 14.5. The summed E-state index contributed by atoms with van der Waals surface area (Å²) in [7, 11) is 0. The number of rotatable bonds is 4. The summed E-state index contributed by atoms with van der Waals surface area (Å²) >= 11 is 0. The van der Waals surface area contributed by atoms with E-state index in [4.69, 9.17) is 10.5 Å². The Hall–Kier alpha value is -2.83. The van der Waals surface area contributed by atoms with Crippen molar-refractivity contribution in [3.8, 4) is 0 Å². The Bertz CT molecular complexity index is 758. The fourth-order valence-electron chi connectivity index (χ4n) is 3.02. The van der Waals surface area contributed by atoms with Gasteiger partial charge in [0.2, 0.25) is 0 Å². The van der Waals surface area contributed by atoms with Crippen molar-refractivity contribution >= 4 is 17.5 Å². The van der Waals surface area contributed by atoms with Gasteiger partial charge in [-0.25, -0.2) is 13.6 Å². The number of hydrogen-bond donors (Lipinski definition) is 2. The van der Waals surface area contributed by atoms with Gasteiger partial charge in [-0.05, 0) is 30.2 Å². The van der Waals surface area contributed by atoms with Crippen LogP contribution in [0.15, 0.2) is 48.5 Å². The zero-order chi connectivity index (χ0) is 18.5. The summed E-state index contributed by atoms with van der Waals surface area (Å²) in [4.78, 5) is 13.7. The second-order valence-electron chi connectivity index (χ2n) is 6.27. The number of benzene rings is 2. The monoisotopic (exact) mass is 361 g/mol. The number of hydrogen-bond acceptors (Lipinski definition) is 4. The molecule has 1 heterocycles. The highest BCUT2D eigenvalue weighted by molar-refractivity contribution is 5.69. The summed E-state index contributed by atoms with van der Waals surface area (Å²) in [5, 5.41) is 2.58. The first-order chi connectivity index (χ1) is 12.5. The van der Waals surface area contributed by atoms with Crippen LogP contribution in [0.1, 0.15) is 12.0 Å². The normalized spacial score (nSPS) is 19.8. The molecule has 1 saturated heterocycles. The quantitative estimate of drug-likeness (QED) is 0.821. The number of alkyl carbamates (subject to hydrolysis) is 1. The van der Waals surface area contributed by atoms with Crippen LogP contribution < -0.4 is 16.0 Å². The van der Waals surface area contributed by atoms with Gasteiger partial charge in [-0.1, -0.05) is 30.3 Å². The maximum atomic E-state index is 14.5. The molecule has 0 bridgehead atoms. The standard InChI is InChI=1S/C19H21F2N3O2/c20-14-6-7-18(16(22)10-14)24-9-8-17(15(21)11-24)23-19(25)26-12-13-4-2-1-3-5-13/h1-7,10,15,17H,8-9,11-12,22H2,(H,23,25). The molecule has 2 aromatic rings. The highest BCUT2D eigenvalue weighted by Crippen LogP contribution is 2.27. The van der Waals surface area contributed by atoms with Gasteiger partial charge < -0.3 is 20.7 Å². The lowest BCUT2D eigenvalue weighted by molar-refractivity contribution is 0.124. The molecule has 7 heteroatoms. The van der Waals surface area contributed by atoms with Gasteiger partial charge in [0.05, 0.1) is 24.0 Å². The molecule has 0 aliphatic carbocycles. The lowest BCUT2D eigenvalue weighted by Gasteiger charge is -2.36. The van der Waals surface area contributed by atoms with Gasteiger partial charge in [-0.2, -0.15) is 0 Å². The molecule has 1 amide bonds. The van der Waals surface area contributed by atoms with E-state index in [9.17, 15) is 13.6 Å². The number of anilines is 2. The second-order valence-corrected chi connectivity index (χ2v) is 6.27. The number of nitrogens with zero attached hydrogens (tertiary/aromatic N) is 1. The van der Waals surface area contributed by atoms with Crippen LogP contribution >= 0.6 is 0 Å². The molecule has 2 aromatic carbocycles. The van der Waals surface area contributed by atoms with Gasteiger partial charge in [-0.15, -0.1) is 0 Å².